The van der Waals surface area contributed by atoms with Gasteiger partial charge in [0.2, 0.25) is 0 Å². The summed E-state index contributed by atoms with van der Waals surface area (Å²) in [6.07, 6.45) is 4.52. The number of aromatic nitrogens is 2. The van der Waals surface area contributed by atoms with Gasteiger partial charge in [-0.1, -0.05) is 24.3 Å². The number of pyridine rings is 1. The molecule has 1 fully saturated rings. The highest BCUT2D eigenvalue weighted by Gasteiger charge is 2.24. The molecule has 132 valence electrons. The molecule has 3 aromatic rings. The Balaban J connectivity index is 1.80. The highest BCUT2D eigenvalue weighted by atomic mass is 15.1. The lowest BCUT2D eigenvalue weighted by molar-refractivity contribution is 0.639. The Kier molecular flexibility index (Phi) is 4.23. The Labute approximate surface area is 155 Å². The monoisotopic (exact) mass is 343 g/mol. The van der Waals surface area contributed by atoms with E-state index in [-0.39, 0.29) is 0 Å². The minimum Gasteiger partial charge on any atom is -0.324 e. The van der Waals surface area contributed by atoms with Crippen molar-refractivity contribution >= 4 is 28.0 Å². The molecule has 3 heteroatoms. The van der Waals surface area contributed by atoms with Gasteiger partial charge < -0.3 is 4.57 Å². The molecule has 1 aliphatic carbocycles. The lowest BCUT2D eigenvalue weighted by atomic mass is 10.1. The van der Waals surface area contributed by atoms with E-state index in [2.05, 4.69) is 60.3 Å². The van der Waals surface area contributed by atoms with E-state index in [0.29, 0.717) is 0 Å². The third-order valence-electron chi connectivity index (χ3n) is 5.15. The Morgan fingerprint density at radius 3 is 2.77 bits per heavy atom. The molecule has 2 heterocycles. The molecule has 3 nitrogen and oxygen atoms in total. The number of fused-ring (bicyclic) bond motifs is 1. The Bertz CT molecular complexity index is 1020. The van der Waals surface area contributed by atoms with Gasteiger partial charge in [0, 0.05) is 18.1 Å². The molecule has 1 aromatic carbocycles. The number of benzene rings is 1. The molecule has 1 aliphatic rings. The van der Waals surface area contributed by atoms with Crippen molar-refractivity contribution in [2.75, 3.05) is 0 Å². The number of hydrogen-bond donors (Lipinski definition) is 0. The van der Waals surface area contributed by atoms with Crippen molar-refractivity contribution < 1.29 is 0 Å². The molecule has 4 rings (SSSR count). The summed E-state index contributed by atoms with van der Waals surface area (Å²) in [6, 6.07) is 12.7. The standard InChI is InChI=1S/C23H25N3/c1-15(2)19-10-7-16(3)21(12-19)25-17(4)22-13-20-6-5-11-24-23(20)26(22)14-18-8-9-18/h5-7,10-13,18H,1,8-9,14H2,2-4H3. The second-order valence-electron chi connectivity index (χ2n) is 7.48. The molecule has 0 radical (unpaired) electrons. The molecule has 0 atom stereocenters. The fourth-order valence-electron chi connectivity index (χ4n) is 3.36. The van der Waals surface area contributed by atoms with Gasteiger partial charge in [-0.3, -0.25) is 4.99 Å². The van der Waals surface area contributed by atoms with Crippen LogP contribution in [-0.2, 0) is 6.54 Å². The number of rotatable bonds is 5. The zero-order valence-corrected chi connectivity index (χ0v) is 15.8. The fraction of sp³-hybridized carbons (Fsp3) is 0.304. The van der Waals surface area contributed by atoms with E-state index in [9.17, 15) is 0 Å². The summed E-state index contributed by atoms with van der Waals surface area (Å²) in [5.41, 5.74) is 7.66. The molecule has 2 aromatic heterocycles. The number of hydrogen-bond acceptors (Lipinski definition) is 2. The third kappa shape index (κ3) is 3.22. The van der Waals surface area contributed by atoms with Crippen LogP contribution in [0, 0.1) is 12.8 Å². The van der Waals surface area contributed by atoms with Crippen molar-refractivity contribution in [1.29, 1.82) is 0 Å². The van der Waals surface area contributed by atoms with E-state index in [0.717, 1.165) is 40.6 Å². The van der Waals surface area contributed by atoms with Crippen LogP contribution in [0.2, 0.25) is 0 Å². The van der Waals surface area contributed by atoms with Crippen molar-refractivity contribution in [2.24, 2.45) is 10.9 Å². The first-order chi connectivity index (χ1) is 12.5. The number of allylic oxidation sites excluding steroid dienone is 1. The van der Waals surface area contributed by atoms with Gasteiger partial charge in [0.05, 0.1) is 17.1 Å². The maximum Gasteiger partial charge on any atom is 0.140 e. The molecule has 1 saturated carbocycles. The van der Waals surface area contributed by atoms with E-state index >= 15 is 0 Å². The van der Waals surface area contributed by atoms with Gasteiger partial charge in [-0.05, 0) is 74.9 Å². The van der Waals surface area contributed by atoms with Gasteiger partial charge in [-0.15, -0.1) is 0 Å². The van der Waals surface area contributed by atoms with E-state index in [1.807, 2.05) is 19.2 Å². The van der Waals surface area contributed by atoms with E-state index in [4.69, 9.17) is 4.99 Å². The van der Waals surface area contributed by atoms with Crippen molar-refractivity contribution in [3.05, 3.63) is 66.0 Å². The molecule has 0 unspecified atom stereocenters. The first kappa shape index (κ1) is 16.8. The van der Waals surface area contributed by atoms with Crippen molar-refractivity contribution in [2.45, 2.75) is 40.2 Å². The van der Waals surface area contributed by atoms with Crippen LogP contribution in [0.1, 0.15) is 43.5 Å². The van der Waals surface area contributed by atoms with Crippen LogP contribution in [0.3, 0.4) is 0 Å². The summed E-state index contributed by atoms with van der Waals surface area (Å²) in [4.78, 5) is 9.61. The molecular weight excluding hydrogens is 318 g/mol. The van der Waals surface area contributed by atoms with Crippen LogP contribution >= 0.6 is 0 Å². The quantitative estimate of drug-likeness (QED) is 0.528. The SMILES string of the molecule is C=C(C)c1ccc(C)c(N=C(C)c2cc3cccnc3n2CC2CC2)c1. The molecule has 0 amide bonds. The van der Waals surface area contributed by atoms with Crippen LogP contribution in [0.4, 0.5) is 5.69 Å². The van der Waals surface area contributed by atoms with Crippen LogP contribution in [0.5, 0.6) is 0 Å². The summed E-state index contributed by atoms with van der Waals surface area (Å²) in [7, 11) is 0. The van der Waals surface area contributed by atoms with Crippen molar-refractivity contribution in [3.8, 4) is 0 Å². The smallest absolute Gasteiger partial charge is 0.140 e. The average molecular weight is 343 g/mol. The third-order valence-corrected chi connectivity index (χ3v) is 5.15. The molecule has 0 aliphatic heterocycles. The maximum atomic E-state index is 4.98. The minimum absolute atomic E-state index is 0.785. The van der Waals surface area contributed by atoms with Gasteiger partial charge in [0.25, 0.3) is 0 Å². The second-order valence-corrected chi connectivity index (χ2v) is 7.48. The predicted molar refractivity (Wildman–Crippen MR) is 110 cm³/mol. The van der Waals surface area contributed by atoms with E-state index < -0.39 is 0 Å². The average Bonchev–Trinajstić information content (AvgIpc) is 3.36. The molecule has 0 N–H and O–H groups in total. The summed E-state index contributed by atoms with van der Waals surface area (Å²) >= 11 is 0. The maximum absolute atomic E-state index is 4.98. The fourth-order valence-corrected chi connectivity index (χ4v) is 3.36. The minimum atomic E-state index is 0.785. The molecule has 26 heavy (non-hydrogen) atoms. The van der Waals surface area contributed by atoms with Crippen molar-refractivity contribution in [3.63, 3.8) is 0 Å². The van der Waals surface area contributed by atoms with E-state index in [1.54, 1.807) is 0 Å². The van der Waals surface area contributed by atoms with Crippen LogP contribution < -0.4 is 0 Å². The van der Waals surface area contributed by atoms with Crippen LogP contribution in [0.25, 0.3) is 16.6 Å². The summed E-state index contributed by atoms with van der Waals surface area (Å²) < 4.78 is 2.35. The lowest BCUT2D eigenvalue weighted by Gasteiger charge is -2.11. The number of aliphatic imine (C=N–C) groups is 1. The zero-order chi connectivity index (χ0) is 18.3. The topological polar surface area (TPSA) is 30.2 Å². The highest BCUT2D eigenvalue weighted by Crippen LogP contribution is 2.33. The van der Waals surface area contributed by atoms with Gasteiger partial charge in [0.1, 0.15) is 5.65 Å². The summed E-state index contributed by atoms with van der Waals surface area (Å²) in [5, 5.41) is 1.19. The van der Waals surface area contributed by atoms with Crippen LogP contribution in [-0.4, -0.2) is 15.3 Å². The van der Waals surface area contributed by atoms with Gasteiger partial charge in [-0.2, -0.15) is 0 Å². The lowest BCUT2D eigenvalue weighted by Crippen LogP contribution is -2.09. The normalized spacial score (nSPS) is 14.8. The first-order valence-electron chi connectivity index (χ1n) is 9.29. The van der Waals surface area contributed by atoms with E-state index in [1.165, 1.54) is 29.5 Å². The zero-order valence-electron chi connectivity index (χ0n) is 15.8. The number of aryl methyl sites for hydroxylation is 1. The van der Waals surface area contributed by atoms with Gasteiger partial charge in [-0.25, -0.2) is 4.98 Å². The van der Waals surface area contributed by atoms with Crippen LogP contribution in [0.15, 0.2) is 54.2 Å². The highest BCUT2D eigenvalue weighted by molar-refractivity contribution is 6.02. The Morgan fingerprint density at radius 2 is 2.04 bits per heavy atom. The molecule has 0 saturated heterocycles. The number of nitrogens with zero attached hydrogens (tertiary/aromatic N) is 3. The first-order valence-corrected chi connectivity index (χ1v) is 9.29. The second kappa shape index (κ2) is 6.56. The predicted octanol–water partition coefficient (Wildman–Crippen LogP) is 5.93. The summed E-state index contributed by atoms with van der Waals surface area (Å²) in [6.45, 7) is 11.3. The molecular formula is C23H25N3. The van der Waals surface area contributed by atoms with Gasteiger partial charge >= 0.3 is 0 Å². The Hall–Kier alpha value is -2.68. The Morgan fingerprint density at radius 1 is 1.23 bits per heavy atom. The van der Waals surface area contributed by atoms with Gasteiger partial charge in [0.15, 0.2) is 0 Å². The molecule has 0 spiro atoms. The summed E-state index contributed by atoms with van der Waals surface area (Å²) in [5.74, 6) is 0.785. The molecule has 0 bridgehead atoms. The van der Waals surface area contributed by atoms with Crippen molar-refractivity contribution in [1.82, 2.24) is 9.55 Å². The largest absolute Gasteiger partial charge is 0.324 e.